The average Bonchev–Trinajstić information content (AvgIpc) is 2.95. The number of ketones is 1. The van der Waals surface area contributed by atoms with Crippen LogP contribution in [0.15, 0.2) is 60.9 Å². The number of rotatable bonds is 4. The number of nitrogens with zero attached hydrogens (tertiary/aromatic N) is 2. The summed E-state index contributed by atoms with van der Waals surface area (Å²) in [6.45, 7) is 1.88. The Kier molecular flexibility index (Phi) is 6.39. The lowest BCUT2D eigenvalue weighted by molar-refractivity contribution is -0.671. The number of hydrogen-bond acceptors (Lipinski definition) is 3. The molecular formula is C19H17IN2OS. The van der Waals surface area contributed by atoms with Crippen molar-refractivity contribution in [2.45, 2.75) is 6.92 Å². The van der Waals surface area contributed by atoms with Gasteiger partial charge in [0.15, 0.2) is 18.2 Å². The molecule has 0 atom stereocenters. The molecule has 3 aromatic rings. The maximum absolute atomic E-state index is 12.4. The Bertz CT molecular complexity index is 872. The number of aromatic nitrogens is 2. The molecule has 0 aliphatic heterocycles. The van der Waals surface area contributed by atoms with Crippen LogP contribution in [0.4, 0.5) is 0 Å². The SMILES string of the molecule is Cc1nc(-c2ccccc2)sc1C(=O)/C=C/c1ccc[n+](C)c1.[I-]. The fourth-order valence-corrected chi connectivity index (χ4v) is 3.28. The van der Waals surface area contributed by atoms with Gasteiger partial charge in [0.25, 0.3) is 0 Å². The van der Waals surface area contributed by atoms with Crippen LogP contribution >= 0.6 is 11.3 Å². The predicted molar refractivity (Wildman–Crippen MR) is 93.3 cm³/mol. The van der Waals surface area contributed by atoms with Gasteiger partial charge in [-0.25, -0.2) is 9.55 Å². The zero-order valence-electron chi connectivity index (χ0n) is 13.4. The minimum atomic E-state index is -0.00585. The van der Waals surface area contributed by atoms with Crippen molar-refractivity contribution in [3.63, 3.8) is 0 Å². The first-order chi connectivity index (χ1) is 11.1. The normalized spacial score (nSPS) is 10.6. The van der Waals surface area contributed by atoms with Crippen molar-refractivity contribution in [3.05, 3.63) is 77.1 Å². The minimum absolute atomic E-state index is 0. The van der Waals surface area contributed by atoms with Crippen LogP contribution in [0.2, 0.25) is 0 Å². The molecule has 2 heterocycles. The van der Waals surface area contributed by atoms with E-state index in [1.165, 1.54) is 11.3 Å². The largest absolute Gasteiger partial charge is 1.00 e. The first kappa shape index (κ1) is 18.5. The quantitative estimate of drug-likeness (QED) is 0.257. The molecule has 3 nitrogen and oxygen atoms in total. The summed E-state index contributed by atoms with van der Waals surface area (Å²) in [5.74, 6) is -0.00585. The topological polar surface area (TPSA) is 33.8 Å². The molecule has 0 aliphatic carbocycles. The van der Waals surface area contributed by atoms with Crippen LogP contribution in [0.25, 0.3) is 16.6 Å². The van der Waals surface area contributed by atoms with Gasteiger partial charge in [-0.1, -0.05) is 30.3 Å². The van der Waals surface area contributed by atoms with E-state index >= 15 is 0 Å². The van der Waals surface area contributed by atoms with Crippen molar-refractivity contribution >= 4 is 23.2 Å². The third kappa shape index (κ3) is 4.36. The van der Waals surface area contributed by atoms with Crippen molar-refractivity contribution in [3.8, 4) is 10.6 Å². The van der Waals surface area contributed by atoms with Crippen molar-refractivity contribution < 1.29 is 33.3 Å². The van der Waals surface area contributed by atoms with E-state index in [-0.39, 0.29) is 29.8 Å². The molecule has 24 heavy (non-hydrogen) atoms. The number of carbonyl (C=O) groups excluding carboxylic acids is 1. The van der Waals surface area contributed by atoms with Gasteiger partial charge < -0.3 is 24.0 Å². The lowest BCUT2D eigenvalue weighted by Crippen LogP contribution is -3.00. The molecule has 0 radical (unpaired) electrons. The van der Waals surface area contributed by atoms with Gasteiger partial charge in [-0.15, -0.1) is 11.3 Å². The lowest BCUT2D eigenvalue weighted by Gasteiger charge is -1.93. The Labute approximate surface area is 162 Å². The number of halogens is 1. The average molecular weight is 448 g/mol. The van der Waals surface area contributed by atoms with Gasteiger partial charge in [-0.05, 0) is 25.1 Å². The molecule has 2 aromatic heterocycles. The highest BCUT2D eigenvalue weighted by molar-refractivity contribution is 7.17. The molecule has 122 valence electrons. The summed E-state index contributed by atoms with van der Waals surface area (Å²) in [4.78, 5) is 17.7. The zero-order valence-corrected chi connectivity index (χ0v) is 16.4. The maximum atomic E-state index is 12.4. The molecule has 0 unspecified atom stereocenters. The number of benzene rings is 1. The van der Waals surface area contributed by atoms with Gasteiger partial charge in [0.05, 0.1) is 10.6 Å². The molecule has 0 amide bonds. The molecule has 0 N–H and O–H groups in total. The monoisotopic (exact) mass is 448 g/mol. The molecule has 0 fully saturated rings. The first-order valence-corrected chi connectivity index (χ1v) is 8.16. The number of carbonyl (C=O) groups is 1. The number of hydrogen-bond donors (Lipinski definition) is 0. The molecule has 1 aromatic carbocycles. The van der Waals surface area contributed by atoms with Crippen molar-refractivity contribution in [2.75, 3.05) is 0 Å². The summed E-state index contributed by atoms with van der Waals surface area (Å²) in [6.07, 6.45) is 7.38. The second-order valence-corrected chi connectivity index (χ2v) is 6.30. The number of thiazole rings is 1. The Morgan fingerprint density at radius 1 is 1.17 bits per heavy atom. The molecule has 3 rings (SSSR count). The maximum Gasteiger partial charge on any atom is 0.197 e. The summed E-state index contributed by atoms with van der Waals surface area (Å²) in [6, 6.07) is 13.9. The zero-order chi connectivity index (χ0) is 16.2. The summed E-state index contributed by atoms with van der Waals surface area (Å²) in [5, 5.41) is 0.881. The Morgan fingerprint density at radius 3 is 2.62 bits per heavy atom. The van der Waals surface area contributed by atoms with E-state index in [0.29, 0.717) is 4.88 Å². The van der Waals surface area contributed by atoms with Crippen molar-refractivity contribution in [2.24, 2.45) is 7.05 Å². The van der Waals surface area contributed by atoms with Crippen LogP contribution in [0.1, 0.15) is 20.9 Å². The Morgan fingerprint density at radius 2 is 1.92 bits per heavy atom. The van der Waals surface area contributed by atoms with E-state index in [1.807, 2.05) is 79.5 Å². The third-order valence-electron chi connectivity index (χ3n) is 3.43. The van der Waals surface area contributed by atoms with Gasteiger partial charge in [-0.2, -0.15) is 0 Å². The van der Waals surface area contributed by atoms with Crippen molar-refractivity contribution in [1.82, 2.24) is 4.98 Å². The highest BCUT2D eigenvalue weighted by atomic mass is 127. The van der Waals surface area contributed by atoms with E-state index in [2.05, 4.69) is 4.98 Å². The van der Waals surface area contributed by atoms with E-state index in [0.717, 1.165) is 21.8 Å². The summed E-state index contributed by atoms with van der Waals surface area (Å²) in [7, 11) is 1.96. The van der Waals surface area contributed by atoms with E-state index < -0.39 is 0 Å². The van der Waals surface area contributed by atoms with Crippen LogP contribution in [-0.2, 0) is 7.05 Å². The van der Waals surface area contributed by atoms with Gasteiger partial charge in [0, 0.05) is 17.2 Å². The number of allylic oxidation sites excluding steroid dienone is 1. The van der Waals surface area contributed by atoms with E-state index in [1.54, 1.807) is 6.08 Å². The van der Waals surface area contributed by atoms with Crippen LogP contribution in [0, 0.1) is 6.92 Å². The molecular weight excluding hydrogens is 431 g/mol. The predicted octanol–water partition coefficient (Wildman–Crippen LogP) is 0.843. The molecule has 0 saturated carbocycles. The third-order valence-corrected chi connectivity index (χ3v) is 4.65. The van der Waals surface area contributed by atoms with Gasteiger partial charge in [0.1, 0.15) is 12.1 Å². The van der Waals surface area contributed by atoms with E-state index in [4.69, 9.17) is 0 Å². The molecule has 5 heteroatoms. The standard InChI is InChI=1S/C19H17N2OS.HI/c1-14-18(23-19(20-14)16-8-4-3-5-9-16)17(22)11-10-15-7-6-12-21(2)13-15;/h3-13H,1-2H3;1H/q+1;/p-1/b11-10+;. The fraction of sp³-hybridized carbons (Fsp3) is 0.105. The highest BCUT2D eigenvalue weighted by Crippen LogP contribution is 2.28. The molecule has 0 bridgehead atoms. The summed E-state index contributed by atoms with van der Waals surface area (Å²) in [5.41, 5.74) is 2.81. The fourth-order valence-electron chi connectivity index (χ4n) is 2.29. The Balaban J connectivity index is 0.00000208. The molecule has 0 spiro atoms. The number of pyridine rings is 1. The second-order valence-electron chi connectivity index (χ2n) is 5.30. The van der Waals surface area contributed by atoms with Crippen LogP contribution < -0.4 is 28.5 Å². The smallest absolute Gasteiger partial charge is 0.197 e. The van der Waals surface area contributed by atoms with E-state index in [9.17, 15) is 4.79 Å². The second kappa shape index (κ2) is 8.30. The van der Waals surface area contributed by atoms with Crippen LogP contribution in [0.5, 0.6) is 0 Å². The van der Waals surface area contributed by atoms with Crippen LogP contribution in [-0.4, -0.2) is 10.8 Å². The lowest BCUT2D eigenvalue weighted by atomic mass is 10.2. The van der Waals surface area contributed by atoms with Crippen molar-refractivity contribution in [1.29, 1.82) is 0 Å². The molecule has 0 saturated heterocycles. The summed E-state index contributed by atoms with van der Waals surface area (Å²) >= 11 is 1.44. The highest BCUT2D eigenvalue weighted by Gasteiger charge is 2.14. The summed E-state index contributed by atoms with van der Waals surface area (Å²) < 4.78 is 1.95. The van der Waals surface area contributed by atoms with Gasteiger partial charge in [-0.3, -0.25) is 4.79 Å². The first-order valence-electron chi connectivity index (χ1n) is 7.34. The van der Waals surface area contributed by atoms with Crippen LogP contribution in [0.3, 0.4) is 0 Å². The van der Waals surface area contributed by atoms with Gasteiger partial charge in [0.2, 0.25) is 0 Å². The number of aryl methyl sites for hydroxylation is 2. The Hall–Kier alpha value is -1.86. The van der Waals surface area contributed by atoms with Gasteiger partial charge >= 0.3 is 0 Å². The molecule has 0 aliphatic rings. The minimum Gasteiger partial charge on any atom is -1.00 e.